The van der Waals surface area contributed by atoms with Gasteiger partial charge in [0.15, 0.2) is 5.78 Å². The molecule has 0 saturated carbocycles. The van der Waals surface area contributed by atoms with Crippen LogP contribution in [0.4, 0.5) is 5.69 Å². The molecule has 0 radical (unpaired) electrons. The number of ketones is 1. The van der Waals surface area contributed by atoms with E-state index in [0.717, 1.165) is 4.47 Å². The van der Waals surface area contributed by atoms with Gasteiger partial charge in [0.1, 0.15) is 22.9 Å². The number of Topliss-reactive ketones (excluding diaryl/α,β-unsaturated/α-hetero) is 1. The lowest BCUT2D eigenvalue weighted by atomic mass is 9.77. The van der Waals surface area contributed by atoms with Crippen LogP contribution in [0.25, 0.3) is 0 Å². The molecular weight excluding hydrogens is 362 g/mol. The molecular formula is C17H20BrNO4. The van der Waals surface area contributed by atoms with Crippen molar-refractivity contribution in [1.82, 2.24) is 0 Å². The van der Waals surface area contributed by atoms with E-state index in [0.29, 0.717) is 30.0 Å². The number of carbonyl (C=O) groups is 1. The SMILES string of the molecule is COc1cc(N=CC2=C(O)CC(C)(C)CC2=O)c(OC)cc1Br. The highest BCUT2D eigenvalue weighted by molar-refractivity contribution is 9.10. The monoisotopic (exact) mass is 381 g/mol. The summed E-state index contributed by atoms with van der Waals surface area (Å²) < 4.78 is 11.3. The van der Waals surface area contributed by atoms with Gasteiger partial charge < -0.3 is 14.6 Å². The van der Waals surface area contributed by atoms with Crippen molar-refractivity contribution in [3.05, 3.63) is 27.9 Å². The Morgan fingerprint density at radius 2 is 1.87 bits per heavy atom. The fourth-order valence-corrected chi connectivity index (χ4v) is 3.01. The Morgan fingerprint density at radius 1 is 1.22 bits per heavy atom. The third kappa shape index (κ3) is 3.93. The summed E-state index contributed by atoms with van der Waals surface area (Å²) in [6.45, 7) is 3.91. The maximum atomic E-state index is 12.2. The van der Waals surface area contributed by atoms with Crippen LogP contribution in [0.1, 0.15) is 26.7 Å². The normalized spacial score (nSPS) is 17.7. The number of halogens is 1. The van der Waals surface area contributed by atoms with Gasteiger partial charge in [0, 0.05) is 31.2 Å². The second-order valence-corrected chi connectivity index (χ2v) is 7.07. The van der Waals surface area contributed by atoms with Crippen LogP contribution in [0, 0.1) is 5.41 Å². The summed E-state index contributed by atoms with van der Waals surface area (Å²) in [4.78, 5) is 16.5. The number of rotatable bonds is 4. The van der Waals surface area contributed by atoms with Gasteiger partial charge in [-0.15, -0.1) is 0 Å². The fraction of sp³-hybridized carbons (Fsp3) is 0.412. The quantitative estimate of drug-likeness (QED) is 0.786. The van der Waals surface area contributed by atoms with E-state index in [1.54, 1.807) is 19.2 Å². The van der Waals surface area contributed by atoms with Crippen molar-refractivity contribution in [3.63, 3.8) is 0 Å². The molecule has 0 aliphatic heterocycles. The van der Waals surface area contributed by atoms with Gasteiger partial charge in [-0.05, 0) is 21.3 Å². The summed E-state index contributed by atoms with van der Waals surface area (Å²) in [7, 11) is 3.10. The van der Waals surface area contributed by atoms with E-state index in [2.05, 4.69) is 20.9 Å². The lowest BCUT2D eigenvalue weighted by Gasteiger charge is -2.28. The Labute approximate surface area is 144 Å². The molecule has 6 heteroatoms. The molecule has 2 rings (SSSR count). The minimum absolute atomic E-state index is 0.0815. The van der Waals surface area contributed by atoms with E-state index in [9.17, 15) is 9.90 Å². The smallest absolute Gasteiger partial charge is 0.168 e. The van der Waals surface area contributed by atoms with Gasteiger partial charge in [0.2, 0.25) is 0 Å². The molecule has 0 amide bonds. The Hall–Kier alpha value is -1.82. The molecule has 0 atom stereocenters. The minimum Gasteiger partial charge on any atom is -0.511 e. The van der Waals surface area contributed by atoms with Crippen LogP contribution in [0.15, 0.2) is 32.9 Å². The zero-order valence-electron chi connectivity index (χ0n) is 13.6. The highest BCUT2D eigenvalue weighted by atomic mass is 79.9. The summed E-state index contributed by atoms with van der Waals surface area (Å²) in [5.74, 6) is 1.12. The van der Waals surface area contributed by atoms with Crippen LogP contribution in [-0.2, 0) is 4.79 Å². The van der Waals surface area contributed by atoms with Gasteiger partial charge in [0.05, 0.1) is 24.3 Å². The van der Waals surface area contributed by atoms with Crippen LogP contribution in [0.5, 0.6) is 11.5 Å². The molecule has 5 nitrogen and oxygen atoms in total. The molecule has 0 unspecified atom stereocenters. The van der Waals surface area contributed by atoms with Crippen molar-refractivity contribution < 1.29 is 19.4 Å². The molecule has 1 N–H and O–H groups in total. The molecule has 1 aliphatic carbocycles. The molecule has 0 bridgehead atoms. The lowest BCUT2D eigenvalue weighted by molar-refractivity contribution is -0.117. The zero-order valence-corrected chi connectivity index (χ0v) is 15.2. The lowest BCUT2D eigenvalue weighted by Crippen LogP contribution is -2.26. The van der Waals surface area contributed by atoms with Gasteiger partial charge in [-0.2, -0.15) is 0 Å². The Bertz CT molecular complexity index is 692. The van der Waals surface area contributed by atoms with Gasteiger partial charge in [-0.25, -0.2) is 0 Å². The first-order valence-electron chi connectivity index (χ1n) is 7.18. The maximum absolute atomic E-state index is 12.2. The summed E-state index contributed by atoms with van der Waals surface area (Å²) in [5, 5.41) is 10.1. The Balaban J connectivity index is 2.38. The van der Waals surface area contributed by atoms with Crippen LogP contribution in [0.2, 0.25) is 0 Å². The molecule has 1 aromatic carbocycles. The first-order valence-corrected chi connectivity index (χ1v) is 7.97. The highest BCUT2D eigenvalue weighted by Gasteiger charge is 2.32. The summed E-state index contributed by atoms with van der Waals surface area (Å²) in [6.07, 6.45) is 2.25. The molecule has 0 saturated heterocycles. The molecule has 0 aromatic heterocycles. The van der Waals surface area contributed by atoms with E-state index >= 15 is 0 Å². The molecule has 1 aliphatic rings. The number of aliphatic hydroxyl groups excluding tert-OH is 1. The summed E-state index contributed by atoms with van der Waals surface area (Å²) in [6, 6.07) is 3.44. The van der Waals surface area contributed by atoms with E-state index in [-0.39, 0.29) is 22.5 Å². The third-order valence-corrected chi connectivity index (χ3v) is 4.30. The second kappa shape index (κ2) is 6.74. The summed E-state index contributed by atoms with van der Waals surface area (Å²) >= 11 is 3.38. The Morgan fingerprint density at radius 3 is 2.43 bits per heavy atom. The number of benzene rings is 1. The number of hydrogen-bond donors (Lipinski definition) is 1. The van der Waals surface area contributed by atoms with E-state index in [1.807, 2.05) is 13.8 Å². The van der Waals surface area contributed by atoms with Gasteiger partial charge in [-0.3, -0.25) is 9.79 Å². The standard InChI is InChI=1S/C17H20BrNO4/c1-17(2)7-13(20)10(14(21)8-17)9-19-12-6-15(22-3)11(18)5-16(12)23-4/h5-6,9,20H,7-8H2,1-4H3. The van der Waals surface area contributed by atoms with Gasteiger partial charge in [-0.1, -0.05) is 13.8 Å². The van der Waals surface area contributed by atoms with Gasteiger partial charge in [0.25, 0.3) is 0 Å². The van der Waals surface area contributed by atoms with Crippen molar-refractivity contribution in [2.24, 2.45) is 10.4 Å². The number of nitrogens with zero attached hydrogens (tertiary/aromatic N) is 1. The number of aliphatic imine (C=N–C) groups is 1. The van der Waals surface area contributed by atoms with E-state index < -0.39 is 0 Å². The molecule has 0 spiro atoms. The number of ether oxygens (including phenoxy) is 2. The van der Waals surface area contributed by atoms with Crippen LogP contribution >= 0.6 is 15.9 Å². The van der Waals surface area contributed by atoms with Crippen LogP contribution in [-0.4, -0.2) is 31.3 Å². The predicted molar refractivity (Wildman–Crippen MR) is 93.1 cm³/mol. The number of hydrogen-bond acceptors (Lipinski definition) is 5. The molecule has 0 fully saturated rings. The Kier molecular flexibility index (Phi) is 5.14. The molecule has 1 aromatic rings. The van der Waals surface area contributed by atoms with Gasteiger partial charge >= 0.3 is 0 Å². The van der Waals surface area contributed by atoms with Crippen molar-refractivity contribution in [2.75, 3.05) is 14.2 Å². The first-order chi connectivity index (χ1) is 10.8. The average molecular weight is 382 g/mol. The van der Waals surface area contributed by atoms with Crippen LogP contribution in [0.3, 0.4) is 0 Å². The summed E-state index contributed by atoms with van der Waals surface area (Å²) in [5.41, 5.74) is 0.551. The number of allylic oxidation sites excluding steroid dienone is 2. The first kappa shape index (κ1) is 17.5. The number of carbonyl (C=O) groups excluding carboxylic acids is 1. The topological polar surface area (TPSA) is 68.1 Å². The fourth-order valence-electron chi connectivity index (χ4n) is 2.53. The second-order valence-electron chi connectivity index (χ2n) is 6.22. The van der Waals surface area contributed by atoms with Crippen molar-refractivity contribution in [1.29, 1.82) is 0 Å². The number of aliphatic hydroxyl groups is 1. The average Bonchev–Trinajstić information content (AvgIpc) is 2.45. The van der Waals surface area contributed by atoms with Crippen molar-refractivity contribution in [2.45, 2.75) is 26.7 Å². The predicted octanol–water partition coefficient (Wildman–Crippen LogP) is 4.37. The molecule has 0 heterocycles. The molecule has 23 heavy (non-hydrogen) atoms. The van der Waals surface area contributed by atoms with Crippen molar-refractivity contribution >= 4 is 33.6 Å². The van der Waals surface area contributed by atoms with Crippen molar-refractivity contribution in [3.8, 4) is 11.5 Å². The third-order valence-electron chi connectivity index (χ3n) is 3.68. The zero-order chi connectivity index (χ0) is 17.2. The number of methoxy groups -OCH3 is 2. The van der Waals surface area contributed by atoms with Crippen LogP contribution < -0.4 is 9.47 Å². The highest BCUT2D eigenvalue weighted by Crippen LogP contribution is 2.39. The van der Waals surface area contributed by atoms with E-state index in [1.165, 1.54) is 13.3 Å². The maximum Gasteiger partial charge on any atom is 0.168 e. The minimum atomic E-state index is -0.225. The van der Waals surface area contributed by atoms with E-state index in [4.69, 9.17) is 9.47 Å². The largest absolute Gasteiger partial charge is 0.511 e. The molecule has 124 valence electrons.